The minimum absolute atomic E-state index is 0.113. The number of aromatic amines is 2. The van der Waals surface area contributed by atoms with Gasteiger partial charge < -0.3 is 14.8 Å². The molecular formula is C28H24N4O3. The van der Waals surface area contributed by atoms with Gasteiger partial charge in [0.1, 0.15) is 17.3 Å². The third-order valence-corrected chi connectivity index (χ3v) is 6.66. The van der Waals surface area contributed by atoms with Crippen LogP contribution >= 0.6 is 0 Å². The Morgan fingerprint density at radius 2 is 2.00 bits per heavy atom. The van der Waals surface area contributed by atoms with E-state index >= 15 is 0 Å². The zero-order chi connectivity index (χ0) is 23.9. The minimum Gasteiger partial charge on any atom is -0.481 e. The molecule has 5 aromatic rings. The number of carboxylic acid groups (broad SMARTS) is 1. The van der Waals surface area contributed by atoms with Crippen molar-refractivity contribution in [3.05, 3.63) is 95.4 Å². The average molecular weight is 465 g/mol. The van der Waals surface area contributed by atoms with Crippen LogP contribution in [0.4, 0.5) is 0 Å². The fourth-order valence-electron chi connectivity index (χ4n) is 4.67. The maximum absolute atomic E-state index is 11.2. The van der Waals surface area contributed by atoms with Crippen LogP contribution in [-0.4, -0.2) is 31.2 Å². The van der Waals surface area contributed by atoms with E-state index in [4.69, 9.17) is 4.74 Å². The molecule has 1 saturated carbocycles. The molecule has 0 saturated heterocycles. The molecule has 2 aromatic heterocycles. The lowest BCUT2D eigenvalue weighted by Gasteiger charge is -2.10. The van der Waals surface area contributed by atoms with Gasteiger partial charge in [-0.15, -0.1) is 0 Å². The van der Waals surface area contributed by atoms with Crippen molar-refractivity contribution in [3.8, 4) is 22.9 Å². The van der Waals surface area contributed by atoms with Gasteiger partial charge in [0.2, 0.25) is 0 Å². The zero-order valence-electron chi connectivity index (χ0n) is 19.2. The van der Waals surface area contributed by atoms with E-state index in [1.165, 1.54) is 0 Å². The van der Waals surface area contributed by atoms with Gasteiger partial charge in [-0.1, -0.05) is 36.4 Å². The highest BCUT2D eigenvalue weighted by Crippen LogP contribution is 2.47. The average Bonchev–Trinajstić information content (AvgIpc) is 3.29. The van der Waals surface area contributed by atoms with Gasteiger partial charge in [0.15, 0.2) is 5.82 Å². The molecule has 1 unspecified atom stereocenters. The summed E-state index contributed by atoms with van der Waals surface area (Å²) in [5.41, 5.74) is 5.18. The van der Waals surface area contributed by atoms with Gasteiger partial charge in [0.05, 0.1) is 5.92 Å². The van der Waals surface area contributed by atoms with Crippen LogP contribution in [0.1, 0.15) is 34.9 Å². The fourth-order valence-corrected chi connectivity index (χ4v) is 4.67. The summed E-state index contributed by atoms with van der Waals surface area (Å²) in [6.07, 6.45) is 3.23. The molecule has 6 rings (SSSR count). The number of fused-ring (bicyclic) bond motifs is 1. The maximum Gasteiger partial charge on any atom is 0.307 e. The summed E-state index contributed by atoms with van der Waals surface area (Å²) < 4.78 is 6.20. The van der Waals surface area contributed by atoms with Crippen LogP contribution in [0.5, 0.6) is 11.5 Å². The van der Waals surface area contributed by atoms with Gasteiger partial charge in [-0.05, 0) is 60.7 Å². The molecule has 1 fully saturated rings. The number of aliphatic carboxylic acids is 1. The van der Waals surface area contributed by atoms with E-state index < -0.39 is 5.97 Å². The highest BCUT2D eigenvalue weighted by atomic mass is 16.5. The first kappa shape index (κ1) is 21.2. The number of carbonyl (C=O) groups is 1. The second-order valence-electron chi connectivity index (χ2n) is 9.07. The summed E-state index contributed by atoms with van der Waals surface area (Å²) in [7, 11) is 0. The van der Waals surface area contributed by atoms with E-state index in [2.05, 4.69) is 33.2 Å². The van der Waals surface area contributed by atoms with Crippen molar-refractivity contribution in [2.45, 2.75) is 25.7 Å². The lowest BCUT2D eigenvalue weighted by molar-refractivity contribution is -0.138. The van der Waals surface area contributed by atoms with E-state index in [0.717, 1.165) is 50.5 Å². The smallest absolute Gasteiger partial charge is 0.307 e. The number of carboxylic acids is 1. The van der Waals surface area contributed by atoms with Crippen LogP contribution < -0.4 is 4.74 Å². The molecule has 2 heterocycles. The highest BCUT2D eigenvalue weighted by molar-refractivity contribution is 5.85. The molecule has 35 heavy (non-hydrogen) atoms. The molecular weight excluding hydrogens is 440 g/mol. The normalized spacial score (nSPS) is 16.9. The largest absolute Gasteiger partial charge is 0.481 e. The van der Waals surface area contributed by atoms with E-state index in [-0.39, 0.29) is 11.8 Å². The lowest BCUT2D eigenvalue weighted by Crippen LogP contribution is -1.99. The third-order valence-electron chi connectivity index (χ3n) is 6.66. The van der Waals surface area contributed by atoms with E-state index in [1.807, 2.05) is 66.9 Å². The zero-order valence-corrected chi connectivity index (χ0v) is 19.2. The fraction of sp³-hybridized carbons (Fsp3) is 0.179. The molecule has 1 aliphatic carbocycles. The summed E-state index contributed by atoms with van der Waals surface area (Å²) in [4.78, 5) is 19.1. The van der Waals surface area contributed by atoms with Crippen molar-refractivity contribution in [1.29, 1.82) is 0 Å². The molecule has 0 bridgehead atoms. The SMILES string of the molecule is Cc1c(Oc2cccc(-c3n[nH]c(Cc4cccc(C5C[C@H]5C(=O)O)c4)n3)c2)ccc2[nH]ccc12. The number of nitrogens with one attached hydrogen (secondary N) is 2. The van der Waals surface area contributed by atoms with Gasteiger partial charge in [-0.25, -0.2) is 4.98 Å². The number of ether oxygens (including phenoxy) is 1. The molecule has 0 radical (unpaired) electrons. The van der Waals surface area contributed by atoms with Crippen LogP contribution in [0.2, 0.25) is 0 Å². The van der Waals surface area contributed by atoms with Gasteiger partial charge in [-0.2, -0.15) is 5.10 Å². The van der Waals surface area contributed by atoms with Crippen LogP contribution in [0, 0.1) is 12.8 Å². The predicted octanol–water partition coefficient (Wildman–Crippen LogP) is 5.83. The number of H-pyrrole nitrogens is 2. The second-order valence-corrected chi connectivity index (χ2v) is 9.07. The first-order chi connectivity index (χ1) is 17.0. The van der Waals surface area contributed by atoms with Crippen molar-refractivity contribution in [1.82, 2.24) is 20.2 Å². The first-order valence-corrected chi connectivity index (χ1v) is 11.6. The molecule has 0 aliphatic heterocycles. The van der Waals surface area contributed by atoms with Crippen LogP contribution in [0.25, 0.3) is 22.3 Å². The number of hydrogen-bond donors (Lipinski definition) is 3. The number of rotatable bonds is 7. The molecule has 2 atom stereocenters. The topological polar surface area (TPSA) is 104 Å². The Balaban J connectivity index is 1.19. The Hall–Kier alpha value is -4.39. The molecule has 0 spiro atoms. The Kier molecular flexibility index (Phi) is 5.10. The summed E-state index contributed by atoms with van der Waals surface area (Å²) in [6.45, 7) is 2.05. The number of benzene rings is 3. The third kappa shape index (κ3) is 4.17. The molecule has 3 N–H and O–H groups in total. The monoisotopic (exact) mass is 464 g/mol. The van der Waals surface area contributed by atoms with Crippen molar-refractivity contribution in [2.75, 3.05) is 0 Å². The first-order valence-electron chi connectivity index (χ1n) is 11.6. The van der Waals surface area contributed by atoms with Crippen molar-refractivity contribution in [2.24, 2.45) is 5.92 Å². The van der Waals surface area contributed by atoms with Gasteiger partial charge in [0, 0.05) is 34.6 Å². The van der Waals surface area contributed by atoms with Gasteiger partial charge in [-0.3, -0.25) is 9.89 Å². The van der Waals surface area contributed by atoms with Crippen LogP contribution in [0.15, 0.2) is 72.9 Å². The van der Waals surface area contributed by atoms with E-state index in [0.29, 0.717) is 18.7 Å². The van der Waals surface area contributed by atoms with Crippen molar-refractivity contribution in [3.63, 3.8) is 0 Å². The molecule has 1 aliphatic rings. The standard InChI is InChI=1S/C28H24N4O3/c1-16-21-10-11-29-24(21)8-9-25(16)35-20-7-3-6-19(14-20)27-30-26(31-32-27)13-17-4-2-5-18(12-17)22-15-23(22)28(33)34/h2-12,14,22-23,29H,13,15H2,1H3,(H,33,34)(H,30,31,32)/t22?,23-/m1/s1. The molecule has 174 valence electrons. The van der Waals surface area contributed by atoms with Gasteiger partial charge in [0.25, 0.3) is 0 Å². The highest BCUT2D eigenvalue weighted by Gasteiger charge is 2.44. The Morgan fingerprint density at radius 3 is 2.86 bits per heavy atom. The lowest BCUT2D eigenvalue weighted by atomic mass is 10.0. The summed E-state index contributed by atoms with van der Waals surface area (Å²) >= 11 is 0. The van der Waals surface area contributed by atoms with E-state index in [9.17, 15) is 9.90 Å². The predicted molar refractivity (Wildman–Crippen MR) is 133 cm³/mol. The summed E-state index contributed by atoms with van der Waals surface area (Å²) in [5, 5.41) is 17.8. The Bertz CT molecular complexity index is 1550. The quantitative estimate of drug-likeness (QED) is 0.281. The number of aryl methyl sites for hydroxylation is 1. The van der Waals surface area contributed by atoms with Crippen molar-refractivity contribution < 1.29 is 14.6 Å². The number of hydrogen-bond acceptors (Lipinski definition) is 4. The van der Waals surface area contributed by atoms with Gasteiger partial charge >= 0.3 is 5.97 Å². The molecule has 7 heteroatoms. The maximum atomic E-state index is 11.2. The number of nitrogens with zero attached hydrogens (tertiary/aromatic N) is 2. The second kappa shape index (κ2) is 8.43. The molecule has 3 aromatic carbocycles. The number of aromatic nitrogens is 4. The Labute approximate surface area is 201 Å². The Morgan fingerprint density at radius 1 is 1.11 bits per heavy atom. The van der Waals surface area contributed by atoms with Crippen LogP contribution in [-0.2, 0) is 11.2 Å². The summed E-state index contributed by atoms with van der Waals surface area (Å²) in [6, 6.07) is 21.9. The summed E-state index contributed by atoms with van der Waals surface area (Å²) in [5.74, 6) is 2.03. The minimum atomic E-state index is -0.716. The van der Waals surface area contributed by atoms with Crippen molar-refractivity contribution >= 4 is 16.9 Å². The molecule has 7 nitrogen and oxygen atoms in total. The van der Waals surface area contributed by atoms with E-state index in [1.54, 1.807) is 0 Å². The van der Waals surface area contributed by atoms with Crippen LogP contribution in [0.3, 0.4) is 0 Å². The molecule has 0 amide bonds.